The van der Waals surface area contributed by atoms with E-state index in [2.05, 4.69) is 25.7 Å². The molecule has 0 spiro atoms. The molecule has 3 rings (SSSR count). The lowest BCUT2D eigenvalue weighted by atomic mass is 10.2. The molecule has 1 amide bonds. The number of anilines is 1. The monoisotopic (exact) mass is 366 g/mol. The summed E-state index contributed by atoms with van der Waals surface area (Å²) < 4.78 is 24.8. The highest BCUT2D eigenvalue weighted by molar-refractivity contribution is 5.93. The van der Waals surface area contributed by atoms with Gasteiger partial charge in [-0.15, -0.1) is 0 Å². The molecule has 3 aromatic rings. The number of carbonyl (C=O) groups excluding carboxylic acids is 1. The standard InChI is InChI=1S/C7H4FN3O.C6H5FN2O2.CH3NO/c8-6-1-4-5(2-9-6)10-3-11-7(4)12;7-5-1-3(6(10)11)4(8)2-9-5;2-1-3/h1-3H,(H,10,11,12);1-2H,8H2,(H,10,11);1H,(H2,2,3). The first-order valence-corrected chi connectivity index (χ1v) is 6.58. The largest absolute Gasteiger partial charge is 0.478 e. The maximum absolute atomic E-state index is 12.5. The fourth-order valence-electron chi connectivity index (χ4n) is 1.57. The molecule has 0 aliphatic rings. The highest BCUT2D eigenvalue weighted by atomic mass is 19.1. The number of aromatic carboxylic acids is 1. The van der Waals surface area contributed by atoms with E-state index in [0.717, 1.165) is 18.3 Å². The van der Waals surface area contributed by atoms with Crippen molar-refractivity contribution in [2.45, 2.75) is 0 Å². The van der Waals surface area contributed by atoms with Gasteiger partial charge in [-0.3, -0.25) is 9.59 Å². The second-order valence-electron chi connectivity index (χ2n) is 4.29. The third kappa shape index (κ3) is 5.59. The van der Waals surface area contributed by atoms with Crippen LogP contribution in [-0.4, -0.2) is 37.4 Å². The van der Waals surface area contributed by atoms with Crippen molar-refractivity contribution in [2.75, 3.05) is 5.73 Å². The Kier molecular flexibility index (Phi) is 7.23. The van der Waals surface area contributed by atoms with Gasteiger partial charge in [0.05, 0.1) is 40.9 Å². The van der Waals surface area contributed by atoms with E-state index in [9.17, 15) is 18.4 Å². The summed E-state index contributed by atoms with van der Waals surface area (Å²) >= 11 is 0. The van der Waals surface area contributed by atoms with Gasteiger partial charge in [-0.2, -0.15) is 8.78 Å². The highest BCUT2D eigenvalue weighted by Gasteiger charge is 2.08. The molecule has 3 heterocycles. The molecule has 10 nitrogen and oxygen atoms in total. The van der Waals surface area contributed by atoms with Crippen molar-refractivity contribution in [1.29, 1.82) is 0 Å². The van der Waals surface area contributed by atoms with Gasteiger partial charge in [-0.25, -0.2) is 19.7 Å². The summed E-state index contributed by atoms with van der Waals surface area (Å²) in [5.74, 6) is -2.79. The SMILES string of the molecule is NC=O.Nc1cnc(F)cc1C(=O)O.O=c1[nH]cnc2cnc(F)cc12. The number of aromatic nitrogens is 4. The molecule has 0 saturated heterocycles. The number of hydrogen-bond acceptors (Lipinski definition) is 7. The number of carbonyl (C=O) groups is 2. The Morgan fingerprint density at radius 1 is 1.15 bits per heavy atom. The van der Waals surface area contributed by atoms with Gasteiger partial charge in [0, 0.05) is 12.1 Å². The number of nitrogens with one attached hydrogen (secondary N) is 1. The number of halogens is 2. The minimum atomic E-state index is -1.26. The van der Waals surface area contributed by atoms with Gasteiger partial charge in [0.15, 0.2) is 0 Å². The molecule has 3 aromatic heterocycles. The number of amides is 1. The number of pyridine rings is 2. The summed E-state index contributed by atoms with van der Waals surface area (Å²) in [6.07, 6.45) is 3.70. The fourth-order valence-corrected chi connectivity index (χ4v) is 1.57. The number of carboxylic acid groups (broad SMARTS) is 1. The quantitative estimate of drug-likeness (QED) is 0.345. The second-order valence-corrected chi connectivity index (χ2v) is 4.29. The van der Waals surface area contributed by atoms with E-state index >= 15 is 0 Å². The van der Waals surface area contributed by atoms with E-state index in [1.165, 1.54) is 12.5 Å². The van der Waals surface area contributed by atoms with E-state index in [1.807, 2.05) is 0 Å². The van der Waals surface area contributed by atoms with Gasteiger partial charge in [0.2, 0.25) is 18.3 Å². The summed E-state index contributed by atoms with van der Waals surface area (Å²) in [7, 11) is 0. The number of nitrogens with two attached hydrogens (primary N) is 2. The van der Waals surface area contributed by atoms with Crippen LogP contribution in [0.5, 0.6) is 0 Å². The first kappa shape index (κ1) is 20.1. The first-order valence-electron chi connectivity index (χ1n) is 6.58. The van der Waals surface area contributed by atoms with Gasteiger partial charge >= 0.3 is 5.97 Å². The van der Waals surface area contributed by atoms with Crippen LogP contribution in [0.4, 0.5) is 14.5 Å². The van der Waals surface area contributed by atoms with Gasteiger partial charge in [-0.05, 0) is 0 Å². The number of nitrogens with zero attached hydrogens (tertiary/aromatic N) is 3. The summed E-state index contributed by atoms with van der Waals surface area (Å²) in [5.41, 5.74) is 9.07. The minimum Gasteiger partial charge on any atom is -0.478 e. The number of primary amides is 1. The molecule has 136 valence electrons. The summed E-state index contributed by atoms with van der Waals surface area (Å²) in [4.78, 5) is 42.6. The van der Waals surface area contributed by atoms with Crippen molar-refractivity contribution in [3.05, 3.63) is 58.7 Å². The Hall–Kier alpha value is -3.96. The van der Waals surface area contributed by atoms with Crippen LogP contribution in [0.25, 0.3) is 10.9 Å². The Balaban J connectivity index is 0.000000227. The Morgan fingerprint density at radius 2 is 1.73 bits per heavy atom. The van der Waals surface area contributed by atoms with Crippen molar-refractivity contribution >= 4 is 29.0 Å². The predicted octanol–water partition coefficient (Wildman–Crippen LogP) is 0.0598. The summed E-state index contributed by atoms with van der Waals surface area (Å²) in [5, 5.41) is 8.63. The van der Waals surface area contributed by atoms with E-state index in [4.69, 9.17) is 15.6 Å². The minimum absolute atomic E-state index is 0.0427. The Morgan fingerprint density at radius 3 is 2.31 bits per heavy atom. The molecule has 6 N–H and O–H groups in total. The van der Waals surface area contributed by atoms with E-state index < -0.39 is 17.9 Å². The van der Waals surface area contributed by atoms with E-state index in [0.29, 0.717) is 5.52 Å². The average Bonchev–Trinajstić information content (AvgIpc) is 2.59. The smallest absolute Gasteiger partial charge is 0.338 e. The van der Waals surface area contributed by atoms with Crippen LogP contribution in [0.2, 0.25) is 0 Å². The molecule has 0 radical (unpaired) electrons. The number of nitrogen functional groups attached to an aromatic ring is 1. The van der Waals surface area contributed by atoms with Crippen LogP contribution in [0.1, 0.15) is 10.4 Å². The van der Waals surface area contributed by atoms with Gasteiger partial charge in [-0.1, -0.05) is 0 Å². The molecule has 0 aromatic carbocycles. The molecule has 0 aliphatic heterocycles. The van der Waals surface area contributed by atoms with E-state index in [-0.39, 0.29) is 28.6 Å². The van der Waals surface area contributed by atoms with Crippen molar-refractivity contribution < 1.29 is 23.5 Å². The van der Waals surface area contributed by atoms with Crippen LogP contribution in [0, 0.1) is 11.9 Å². The zero-order valence-electron chi connectivity index (χ0n) is 12.9. The van der Waals surface area contributed by atoms with Crippen LogP contribution in [0.15, 0.2) is 35.6 Å². The lowest BCUT2D eigenvalue weighted by molar-refractivity contribution is -0.106. The molecule has 26 heavy (non-hydrogen) atoms. The zero-order valence-corrected chi connectivity index (χ0v) is 12.9. The number of carboxylic acids is 1. The molecular weight excluding hydrogens is 354 g/mol. The van der Waals surface area contributed by atoms with Crippen LogP contribution >= 0.6 is 0 Å². The van der Waals surface area contributed by atoms with Crippen molar-refractivity contribution in [2.24, 2.45) is 5.73 Å². The average molecular weight is 366 g/mol. The van der Waals surface area contributed by atoms with Gasteiger partial charge in [0.25, 0.3) is 5.56 Å². The number of rotatable bonds is 1. The Bertz CT molecular complexity index is 979. The summed E-state index contributed by atoms with van der Waals surface area (Å²) in [6.45, 7) is 0. The molecule has 0 fully saturated rings. The molecule has 0 bridgehead atoms. The predicted molar refractivity (Wildman–Crippen MR) is 85.9 cm³/mol. The molecule has 0 atom stereocenters. The van der Waals surface area contributed by atoms with Gasteiger partial charge < -0.3 is 21.6 Å². The summed E-state index contributed by atoms with van der Waals surface area (Å²) in [6, 6.07) is 1.83. The fraction of sp³-hybridized carbons (Fsp3) is 0. The topological polar surface area (TPSA) is 178 Å². The zero-order chi connectivity index (χ0) is 19.7. The van der Waals surface area contributed by atoms with Crippen LogP contribution in [0.3, 0.4) is 0 Å². The van der Waals surface area contributed by atoms with Gasteiger partial charge in [0.1, 0.15) is 0 Å². The molecule has 12 heteroatoms. The molecule has 0 aliphatic carbocycles. The molecule has 0 unspecified atom stereocenters. The van der Waals surface area contributed by atoms with Crippen molar-refractivity contribution in [3.63, 3.8) is 0 Å². The normalized spacial score (nSPS) is 9.31. The third-order valence-corrected chi connectivity index (χ3v) is 2.63. The number of H-pyrrole nitrogens is 1. The number of fused-ring (bicyclic) bond motifs is 1. The third-order valence-electron chi connectivity index (χ3n) is 2.63. The second kappa shape index (κ2) is 9.36. The molecule has 0 saturated carbocycles. The number of hydrogen-bond donors (Lipinski definition) is 4. The first-order chi connectivity index (χ1) is 12.3. The van der Waals surface area contributed by atoms with Crippen LogP contribution in [-0.2, 0) is 4.79 Å². The number of aromatic amines is 1. The maximum atomic E-state index is 12.5. The maximum Gasteiger partial charge on any atom is 0.338 e. The molecular formula is C14H12F2N6O4. The van der Waals surface area contributed by atoms with Crippen molar-refractivity contribution in [1.82, 2.24) is 19.9 Å². The van der Waals surface area contributed by atoms with E-state index in [1.54, 1.807) is 0 Å². The highest BCUT2D eigenvalue weighted by Crippen LogP contribution is 2.09. The lowest BCUT2D eigenvalue weighted by Gasteiger charge is -1.97. The van der Waals surface area contributed by atoms with Crippen LogP contribution < -0.4 is 17.0 Å². The lowest BCUT2D eigenvalue weighted by Crippen LogP contribution is -2.06. The Labute approximate surface area is 143 Å². The van der Waals surface area contributed by atoms with Crippen molar-refractivity contribution in [3.8, 4) is 0 Å².